The van der Waals surface area contributed by atoms with Gasteiger partial charge in [-0.3, -0.25) is 4.79 Å². The molecule has 7 heteroatoms. The van der Waals surface area contributed by atoms with E-state index in [2.05, 4.69) is 5.32 Å². The summed E-state index contributed by atoms with van der Waals surface area (Å²) in [6.45, 7) is 4.96. The number of aliphatic carboxylic acids is 1. The Bertz CT molecular complexity index is 365. The molecular weight excluding hydrogens is 260 g/mol. The van der Waals surface area contributed by atoms with Crippen molar-refractivity contribution in [3.8, 4) is 0 Å². The van der Waals surface area contributed by atoms with Gasteiger partial charge in [0.1, 0.15) is 5.60 Å². The molecule has 0 aromatic rings. The summed E-state index contributed by atoms with van der Waals surface area (Å²) >= 11 is 0. The smallest absolute Gasteiger partial charge is 0.407 e. The number of hydrogen-bond donors (Lipinski definition) is 2. The number of carbonyl (C=O) groups is 2. The Morgan fingerprint density at radius 1 is 1.32 bits per heavy atom. The number of carboxylic acids is 1. The molecule has 0 saturated heterocycles. The number of carbonyl (C=O) groups excluding carboxylic acids is 1. The predicted octanol–water partition coefficient (Wildman–Crippen LogP) is 2.40. The van der Waals surface area contributed by atoms with Crippen LogP contribution >= 0.6 is 0 Å². The Kier molecular flexibility index (Phi) is 4.37. The summed E-state index contributed by atoms with van der Waals surface area (Å²) in [7, 11) is 0. The monoisotopic (exact) mass is 279 g/mol. The van der Waals surface area contributed by atoms with Crippen LogP contribution < -0.4 is 5.32 Å². The summed E-state index contributed by atoms with van der Waals surface area (Å²) in [4.78, 5) is 22.3. The van der Waals surface area contributed by atoms with Gasteiger partial charge in [0, 0.05) is 18.9 Å². The highest BCUT2D eigenvalue weighted by atomic mass is 19.3. The SMILES string of the molecule is CC(C)(C)OC(=O)N[C@H]1C[C@@H](C(=O)O)CC(F)(F)C1. The quantitative estimate of drug-likeness (QED) is 0.813. The fourth-order valence-corrected chi connectivity index (χ4v) is 2.09. The minimum Gasteiger partial charge on any atom is -0.481 e. The van der Waals surface area contributed by atoms with Crippen LogP contribution in [0.25, 0.3) is 0 Å². The molecule has 1 rings (SSSR count). The molecule has 1 amide bonds. The molecule has 110 valence electrons. The maximum atomic E-state index is 13.4. The van der Waals surface area contributed by atoms with Crippen molar-refractivity contribution in [3.05, 3.63) is 0 Å². The summed E-state index contributed by atoms with van der Waals surface area (Å²) in [6, 6.07) is -0.889. The maximum Gasteiger partial charge on any atom is 0.407 e. The lowest BCUT2D eigenvalue weighted by Crippen LogP contribution is -2.47. The van der Waals surface area contributed by atoms with Crippen molar-refractivity contribution >= 4 is 12.1 Å². The van der Waals surface area contributed by atoms with Crippen molar-refractivity contribution in [3.63, 3.8) is 0 Å². The van der Waals surface area contributed by atoms with E-state index < -0.39 is 48.4 Å². The van der Waals surface area contributed by atoms with Gasteiger partial charge in [0.25, 0.3) is 5.92 Å². The highest BCUT2D eigenvalue weighted by Gasteiger charge is 2.44. The molecule has 1 saturated carbocycles. The van der Waals surface area contributed by atoms with Crippen LogP contribution in [0.3, 0.4) is 0 Å². The first-order valence-corrected chi connectivity index (χ1v) is 6.09. The van der Waals surface area contributed by atoms with Crippen molar-refractivity contribution in [2.45, 2.75) is 57.6 Å². The molecule has 2 atom stereocenters. The molecule has 0 bridgehead atoms. The fraction of sp³-hybridized carbons (Fsp3) is 0.833. The number of amides is 1. The number of halogens is 2. The lowest BCUT2D eigenvalue weighted by Gasteiger charge is -2.33. The third kappa shape index (κ3) is 5.40. The van der Waals surface area contributed by atoms with Crippen molar-refractivity contribution in [1.29, 1.82) is 0 Å². The number of rotatable bonds is 2. The third-order valence-electron chi connectivity index (χ3n) is 2.73. The average Bonchev–Trinajstić information content (AvgIpc) is 2.10. The Hall–Kier alpha value is -1.40. The molecule has 1 aliphatic carbocycles. The summed E-state index contributed by atoms with van der Waals surface area (Å²) in [5.41, 5.74) is -0.729. The number of nitrogens with one attached hydrogen (secondary N) is 1. The zero-order chi connectivity index (χ0) is 14.8. The van der Waals surface area contributed by atoms with Gasteiger partial charge in [-0.25, -0.2) is 13.6 Å². The molecule has 2 N–H and O–H groups in total. The Morgan fingerprint density at radius 3 is 2.37 bits per heavy atom. The van der Waals surface area contributed by atoms with Crippen molar-refractivity contribution in [2.24, 2.45) is 5.92 Å². The Labute approximate surface area is 110 Å². The van der Waals surface area contributed by atoms with Gasteiger partial charge in [-0.1, -0.05) is 0 Å². The molecule has 0 spiro atoms. The highest BCUT2D eigenvalue weighted by Crippen LogP contribution is 2.37. The first-order valence-electron chi connectivity index (χ1n) is 6.09. The van der Waals surface area contributed by atoms with E-state index in [1.54, 1.807) is 20.8 Å². The van der Waals surface area contributed by atoms with Crippen LogP contribution in [0.15, 0.2) is 0 Å². The second kappa shape index (κ2) is 5.30. The lowest BCUT2D eigenvalue weighted by atomic mass is 9.83. The van der Waals surface area contributed by atoms with E-state index in [0.717, 1.165) is 0 Å². The zero-order valence-electron chi connectivity index (χ0n) is 11.2. The topological polar surface area (TPSA) is 75.6 Å². The van der Waals surface area contributed by atoms with E-state index in [1.807, 2.05) is 0 Å². The average molecular weight is 279 g/mol. The first kappa shape index (κ1) is 15.7. The maximum absolute atomic E-state index is 13.4. The predicted molar refractivity (Wildman–Crippen MR) is 63.1 cm³/mol. The molecule has 1 aliphatic rings. The summed E-state index contributed by atoms with van der Waals surface area (Å²) in [6.07, 6.45) is -2.06. The third-order valence-corrected chi connectivity index (χ3v) is 2.73. The van der Waals surface area contributed by atoms with Gasteiger partial charge < -0.3 is 15.2 Å². The second-order valence-electron chi connectivity index (χ2n) is 5.88. The summed E-state index contributed by atoms with van der Waals surface area (Å²) in [5, 5.41) is 11.1. The number of ether oxygens (including phenoxy) is 1. The molecule has 0 unspecified atom stereocenters. The van der Waals surface area contributed by atoms with E-state index in [-0.39, 0.29) is 6.42 Å². The largest absolute Gasteiger partial charge is 0.481 e. The van der Waals surface area contributed by atoms with Gasteiger partial charge in [-0.15, -0.1) is 0 Å². The highest BCUT2D eigenvalue weighted by molar-refractivity contribution is 5.71. The van der Waals surface area contributed by atoms with Crippen molar-refractivity contribution in [2.75, 3.05) is 0 Å². The molecule has 1 fully saturated rings. The number of carboxylic acid groups (broad SMARTS) is 1. The molecule has 0 aliphatic heterocycles. The van der Waals surface area contributed by atoms with Crippen LogP contribution in [0, 0.1) is 5.92 Å². The summed E-state index contributed by atoms with van der Waals surface area (Å²) < 4.78 is 31.8. The van der Waals surface area contributed by atoms with Crippen molar-refractivity contribution < 1.29 is 28.2 Å². The molecule has 19 heavy (non-hydrogen) atoms. The minimum atomic E-state index is -3.08. The normalized spacial score (nSPS) is 26.6. The number of alkyl carbamates (subject to hydrolysis) is 1. The van der Waals surface area contributed by atoms with Crippen LogP contribution in [0.4, 0.5) is 13.6 Å². The van der Waals surface area contributed by atoms with Gasteiger partial charge in [0.2, 0.25) is 0 Å². The number of alkyl halides is 2. The fourth-order valence-electron chi connectivity index (χ4n) is 2.09. The Balaban J connectivity index is 2.62. The zero-order valence-corrected chi connectivity index (χ0v) is 11.2. The molecule has 5 nitrogen and oxygen atoms in total. The first-order chi connectivity index (χ1) is 8.48. The van der Waals surface area contributed by atoms with Crippen LogP contribution in [-0.2, 0) is 9.53 Å². The van der Waals surface area contributed by atoms with Gasteiger partial charge >= 0.3 is 12.1 Å². The molecule has 0 aromatic carbocycles. The van der Waals surface area contributed by atoms with Gasteiger partial charge in [-0.2, -0.15) is 0 Å². The van der Waals surface area contributed by atoms with E-state index in [9.17, 15) is 18.4 Å². The van der Waals surface area contributed by atoms with Crippen molar-refractivity contribution in [1.82, 2.24) is 5.32 Å². The van der Waals surface area contributed by atoms with Crippen LogP contribution in [-0.4, -0.2) is 34.7 Å². The number of hydrogen-bond acceptors (Lipinski definition) is 3. The van der Waals surface area contributed by atoms with E-state index >= 15 is 0 Å². The molecular formula is C12H19F2NO4. The minimum absolute atomic E-state index is 0.00976. The summed E-state index contributed by atoms with van der Waals surface area (Å²) in [5.74, 6) is -5.50. The van der Waals surface area contributed by atoms with Crippen LogP contribution in [0.1, 0.15) is 40.0 Å². The van der Waals surface area contributed by atoms with Crippen LogP contribution in [0.5, 0.6) is 0 Å². The lowest BCUT2D eigenvalue weighted by molar-refractivity contribution is -0.150. The van der Waals surface area contributed by atoms with Gasteiger partial charge in [0.05, 0.1) is 5.92 Å². The van der Waals surface area contributed by atoms with E-state index in [0.29, 0.717) is 0 Å². The second-order valence-corrected chi connectivity index (χ2v) is 5.88. The molecule has 0 radical (unpaired) electrons. The van der Waals surface area contributed by atoms with E-state index in [4.69, 9.17) is 9.84 Å². The van der Waals surface area contributed by atoms with Gasteiger partial charge in [0.15, 0.2) is 0 Å². The standard InChI is InChI=1S/C12H19F2NO4/c1-11(2,3)19-10(18)15-8-4-7(9(16)17)5-12(13,14)6-8/h7-8H,4-6H2,1-3H3,(H,15,18)(H,16,17)/t7-,8+/m1/s1. The Morgan fingerprint density at radius 2 is 1.89 bits per heavy atom. The van der Waals surface area contributed by atoms with Crippen LogP contribution in [0.2, 0.25) is 0 Å². The molecule has 0 heterocycles. The molecule has 0 aromatic heterocycles. The van der Waals surface area contributed by atoms with Gasteiger partial charge in [-0.05, 0) is 27.2 Å². The van der Waals surface area contributed by atoms with E-state index in [1.165, 1.54) is 0 Å².